The van der Waals surface area contributed by atoms with Gasteiger partial charge in [0, 0.05) is 18.7 Å². The molecule has 6 nitrogen and oxygen atoms in total. The maximum Gasteiger partial charge on any atom is 0.267 e. The minimum absolute atomic E-state index is 0.0220. The molecule has 1 aliphatic heterocycles. The number of hydrogen-bond acceptors (Lipinski definition) is 4. The van der Waals surface area contributed by atoms with Gasteiger partial charge in [0.15, 0.2) is 11.6 Å². The number of hydrogen-bond donors (Lipinski definition) is 1. The lowest BCUT2D eigenvalue weighted by Crippen LogP contribution is -2.46. The molecule has 3 aromatic carbocycles. The maximum absolute atomic E-state index is 14.2. The van der Waals surface area contributed by atoms with Crippen LogP contribution < -0.4 is 4.72 Å². The van der Waals surface area contributed by atoms with Crippen molar-refractivity contribution in [2.24, 2.45) is 5.92 Å². The van der Waals surface area contributed by atoms with Gasteiger partial charge in [-0.2, -0.15) is 0 Å². The first-order chi connectivity index (χ1) is 15.7. The summed E-state index contributed by atoms with van der Waals surface area (Å²) in [4.78, 5) is 26.5. The summed E-state index contributed by atoms with van der Waals surface area (Å²) >= 11 is 0. The van der Waals surface area contributed by atoms with Crippen molar-refractivity contribution < 1.29 is 26.8 Å². The second-order valence-electron chi connectivity index (χ2n) is 8.10. The number of aryl methyl sites for hydroxylation is 1. The molecule has 1 atom stereocenters. The molecule has 0 aromatic heterocycles. The predicted octanol–water partition coefficient (Wildman–Crippen LogP) is 3.78. The van der Waals surface area contributed by atoms with Crippen molar-refractivity contribution in [2.45, 2.75) is 24.7 Å². The molecule has 0 spiro atoms. The van der Waals surface area contributed by atoms with Crippen LogP contribution in [0.5, 0.6) is 0 Å². The Bertz CT molecular complexity index is 1350. The van der Waals surface area contributed by atoms with Gasteiger partial charge >= 0.3 is 0 Å². The van der Waals surface area contributed by atoms with E-state index in [4.69, 9.17) is 0 Å². The van der Waals surface area contributed by atoms with Crippen molar-refractivity contribution in [3.8, 4) is 0 Å². The van der Waals surface area contributed by atoms with Crippen molar-refractivity contribution in [1.82, 2.24) is 9.62 Å². The van der Waals surface area contributed by atoms with E-state index < -0.39 is 38.4 Å². The summed E-state index contributed by atoms with van der Waals surface area (Å²) in [5, 5.41) is 1.70. The fraction of sp³-hybridized carbons (Fsp3) is 0.250. The summed E-state index contributed by atoms with van der Waals surface area (Å²) in [5.41, 5.74) is 0.451. The zero-order valence-electron chi connectivity index (χ0n) is 17.8. The van der Waals surface area contributed by atoms with Crippen LogP contribution in [0.25, 0.3) is 10.8 Å². The van der Waals surface area contributed by atoms with Crippen LogP contribution in [-0.2, 0) is 14.8 Å². The first-order valence-electron chi connectivity index (χ1n) is 10.5. The number of fused-ring (bicyclic) bond motifs is 1. The number of amides is 2. The second kappa shape index (κ2) is 8.90. The van der Waals surface area contributed by atoms with Gasteiger partial charge in [0.25, 0.3) is 15.9 Å². The van der Waals surface area contributed by atoms with Gasteiger partial charge in [-0.3, -0.25) is 9.59 Å². The average Bonchev–Trinajstić information content (AvgIpc) is 2.81. The second-order valence-corrected chi connectivity index (χ2v) is 9.75. The standard InChI is InChI=1S/C24H22F2N2O4S/c1-15-11-12-20(22(26)21(15)25)33(31,32)27-23(29)17-8-5-13-28(14-17)24(30)19-10-4-7-16-6-2-3-9-18(16)19/h2-4,6-7,9-12,17H,5,8,13-14H2,1H3,(H,27,29). The van der Waals surface area contributed by atoms with Crippen LogP contribution in [0.3, 0.4) is 0 Å². The number of nitrogens with one attached hydrogen (secondary N) is 1. The van der Waals surface area contributed by atoms with Crippen LogP contribution in [0.4, 0.5) is 8.78 Å². The largest absolute Gasteiger partial charge is 0.338 e. The summed E-state index contributed by atoms with van der Waals surface area (Å²) in [6.07, 6.45) is 0.869. The molecule has 4 rings (SSSR count). The van der Waals surface area contributed by atoms with Gasteiger partial charge in [0.1, 0.15) is 4.90 Å². The summed E-state index contributed by atoms with van der Waals surface area (Å²) in [5.74, 6) is -4.73. The first kappa shape index (κ1) is 22.8. The molecule has 33 heavy (non-hydrogen) atoms. The maximum atomic E-state index is 14.2. The number of benzene rings is 3. The monoisotopic (exact) mass is 472 g/mol. The highest BCUT2D eigenvalue weighted by Crippen LogP contribution is 2.25. The van der Waals surface area contributed by atoms with E-state index in [0.717, 1.165) is 22.9 Å². The molecule has 0 saturated carbocycles. The van der Waals surface area contributed by atoms with E-state index in [1.165, 1.54) is 11.8 Å². The third-order valence-corrected chi connectivity index (χ3v) is 7.23. The van der Waals surface area contributed by atoms with Crippen LogP contribution >= 0.6 is 0 Å². The Morgan fingerprint density at radius 2 is 1.73 bits per heavy atom. The van der Waals surface area contributed by atoms with Crippen LogP contribution in [0.15, 0.2) is 59.5 Å². The van der Waals surface area contributed by atoms with Gasteiger partial charge in [-0.25, -0.2) is 21.9 Å². The van der Waals surface area contributed by atoms with Crippen LogP contribution in [0.1, 0.15) is 28.8 Å². The fourth-order valence-corrected chi connectivity index (χ4v) is 5.18. The highest BCUT2D eigenvalue weighted by Gasteiger charge is 2.33. The van der Waals surface area contributed by atoms with Crippen molar-refractivity contribution in [3.63, 3.8) is 0 Å². The van der Waals surface area contributed by atoms with Gasteiger partial charge in [-0.1, -0.05) is 42.5 Å². The molecule has 172 valence electrons. The Labute approximate surface area is 190 Å². The molecular formula is C24H22F2N2O4S. The minimum atomic E-state index is -4.62. The molecule has 1 unspecified atom stereocenters. The van der Waals surface area contributed by atoms with Gasteiger partial charge in [0.2, 0.25) is 5.91 Å². The van der Waals surface area contributed by atoms with E-state index in [9.17, 15) is 26.8 Å². The van der Waals surface area contributed by atoms with Gasteiger partial charge in [-0.05, 0) is 48.2 Å². The molecule has 9 heteroatoms. The third-order valence-electron chi connectivity index (χ3n) is 5.86. The summed E-state index contributed by atoms with van der Waals surface area (Å²) < 4.78 is 54.9. The number of sulfonamides is 1. The Kier molecular flexibility index (Phi) is 6.16. The van der Waals surface area contributed by atoms with Crippen LogP contribution in [0, 0.1) is 24.5 Å². The van der Waals surface area contributed by atoms with Crippen molar-refractivity contribution in [1.29, 1.82) is 0 Å². The molecule has 2 amide bonds. The molecular weight excluding hydrogens is 450 g/mol. The lowest BCUT2D eigenvalue weighted by Gasteiger charge is -2.32. The fourth-order valence-electron chi connectivity index (χ4n) is 4.06. The van der Waals surface area contributed by atoms with E-state index in [1.807, 2.05) is 35.1 Å². The molecule has 1 N–H and O–H groups in total. The Hall–Kier alpha value is -3.33. The first-order valence-corrected chi connectivity index (χ1v) is 12.0. The highest BCUT2D eigenvalue weighted by molar-refractivity contribution is 7.90. The number of likely N-dealkylation sites (tertiary alicyclic amines) is 1. The Morgan fingerprint density at radius 1 is 1.00 bits per heavy atom. The van der Waals surface area contributed by atoms with Gasteiger partial charge < -0.3 is 4.90 Å². The molecule has 3 aromatic rings. The highest BCUT2D eigenvalue weighted by atomic mass is 32.2. The number of piperidine rings is 1. The average molecular weight is 473 g/mol. The van der Waals surface area contributed by atoms with Crippen LogP contribution in [-0.4, -0.2) is 38.2 Å². The zero-order valence-corrected chi connectivity index (χ0v) is 18.7. The minimum Gasteiger partial charge on any atom is -0.338 e. The SMILES string of the molecule is Cc1ccc(S(=O)(=O)NC(=O)C2CCCN(C(=O)c3cccc4ccccc34)C2)c(F)c1F. The topological polar surface area (TPSA) is 83.6 Å². The smallest absolute Gasteiger partial charge is 0.267 e. The molecule has 1 saturated heterocycles. The van der Waals surface area contributed by atoms with E-state index in [2.05, 4.69) is 0 Å². The van der Waals surface area contributed by atoms with Crippen molar-refractivity contribution in [2.75, 3.05) is 13.1 Å². The van der Waals surface area contributed by atoms with E-state index in [0.29, 0.717) is 24.9 Å². The number of halogens is 2. The lowest BCUT2D eigenvalue weighted by atomic mass is 9.96. The lowest BCUT2D eigenvalue weighted by molar-refractivity contribution is -0.124. The predicted molar refractivity (Wildman–Crippen MR) is 119 cm³/mol. The Balaban J connectivity index is 1.52. The molecule has 1 fully saturated rings. The molecule has 1 heterocycles. The Morgan fingerprint density at radius 3 is 2.52 bits per heavy atom. The molecule has 0 bridgehead atoms. The zero-order chi connectivity index (χ0) is 23.8. The normalized spacial score (nSPS) is 16.6. The van der Waals surface area contributed by atoms with E-state index in [-0.39, 0.29) is 18.0 Å². The molecule has 0 aliphatic carbocycles. The van der Waals surface area contributed by atoms with E-state index in [1.54, 1.807) is 12.1 Å². The quantitative estimate of drug-likeness (QED) is 0.627. The molecule has 1 aliphatic rings. The number of rotatable bonds is 4. The molecule has 0 radical (unpaired) electrons. The number of carbonyl (C=O) groups excluding carboxylic acids is 2. The van der Waals surface area contributed by atoms with Gasteiger partial charge in [0.05, 0.1) is 5.92 Å². The summed E-state index contributed by atoms with van der Waals surface area (Å²) in [6, 6.07) is 14.9. The summed E-state index contributed by atoms with van der Waals surface area (Å²) in [6.45, 7) is 1.75. The van der Waals surface area contributed by atoms with Crippen molar-refractivity contribution >= 4 is 32.6 Å². The van der Waals surface area contributed by atoms with Crippen LogP contribution in [0.2, 0.25) is 0 Å². The van der Waals surface area contributed by atoms with Crippen molar-refractivity contribution in [3.05, 3.63) is 77.4 Å². The number of carbonyl (C=O) groups is 2. The van der Waals surface area contributed by atoms with E-state index >= 15 is 0 Å². The number of nitrogens with zero attached hydrogens (tertiary/aromatic N) is 1. The third kappa shape index (κ3) is 4.45. The van der Waals surface area contributed by atoms with Gasteiger partial charge in [-0.15, -0.1) is 0 Å². The summed E-state index contributed by atoms with van der Waals surface area (Å²) in [7, 11) is -4.62.